The number of carbonyl (C=O) groups is 2. The minimum atomic E-state index is -0.323. The second kappa shape index (κ2) is 8.59. The number of ether oxygens (including phenoxy) is 1. The molecule has 0 aliphatic carbocycles. The second-order valence-electron chi connectivity index (χ2n) is 6.18. The highest BCUT2D eigenvalue weighted by molar-refractivity contribution is 6.31. The molecule has 0 heterocycles. The molecule has 2 amide bonds. The van der Waals surface area contributed by atoms with E-state index in [0.29, 0.717) is 33.3 Å². The van der Waals surface area contributed by atoms with E-state index < -0.39 is 0 Å². The molecule has 0 atom stereocenters. The van der Waals surface area contributed by atoms with Crippen molar-refractivity contribution in [3.8, 4) is 5.75 Å². The first kappa shape index (κ1) is 19.5. The maximum Gasteiger partial charge on any atom is 0.255 e. The van der Waals surface area contributed by atoms with E-state index in [-0.39, 0.29) is 11.8 Å². The van der Waals surface area contributed by atoms with Crippen LogP contribution in [-0.4, -0.2) is 18.9 Å². The molecule has 28 heavy (non-hydrogen) atoms. The van der Waals surface area contributed by atoms with E-state index in [4.69, 9.17) is 16.3 Å². The first-order valence-electron chi connectivity index (χ1n) is 8.59. The van der Waals surface area contributed by atoms with Crippen molar-refractivity contribution in [2.24, 2.45) is 0 Å². The van der Waals surface area contributed by atoms with E-state index in [0.717, 1.165) is 5.56 Å². The number of anilines is 2. The molecule has 0 spiro atoms. The molecule has 142 valence electrons. The van der Waals surface area contributed by atoms with Crippen LogP contribution in [0, 0.1) is 6.92 Å². The van der Waals surface area contributed by atoms with Crippen LogP contribution in [0.2, 0.25) is 5.02 Å². The Labute approximate surface area is 168 Å². The fourth-order valence-corrected chi connectivity index (χ4v) is 2.76. The Morgan fingerprint density at radius 2 is 1.43 bits per heavy atom. The lowest BCUT2D eigenvalue weighted by Crippen LogP contribution is -2.15. The highest BCUT2D eigenvalue weighted by atomic mass is 35.5. The van der Waals surface area contributed by atoms with Crippen LogP contribution in [0.25, 0.3) is 0 Å². The van der Waals surface area contributed by atoms with E-state index >= 15 is 0 Å². The van der Waals surface area contributed by atoms with Gasteiger partial charge >= 0.3 is 0 Å². The maximum absolute atomic E-state index is 12.5. The van der Waals surface area contributed by atoms with Gasteiger partial charge in [0.05, 0.1) is 7.11 Å². The van der Waals surface area contributed by atoms with Gasteiger partial charge in [-0.2, -0.15) is 0 Å². The summed E-state index contributed by atoms with van der Waals surface area (Å²) in [4.78, 5) is 25.1. The number of halogens is 1. The van der Waals surface area contributed by atoms with Crippen molar-refractivity contribution in [1.82, 2.24) is 0 Å². The fraction of sp³-hybridized carbons (Fsp3) is 0.0909. The summed E-state index contributed by atoms with van der Waals surface area (Å²) in [6, 6.07) is 18.8. The van der Waals surface area contributed by atoms with Gasteiger partial charge in [0.2, 0.25) is 0 Å². The number of hydrogen-bond donors (Lipinski definition) is 2. The first-order valence-corrected chi connectivity index (χ1v) is 8.97. The van der Waals surface area contributed by atoms with Gasteiger partial charge in [0.1, 0.15) is 5.75 Å². The van der Waals surface area contributed by atoms with Gasteiger partial charge in [0.15, 0.2) is 0 Å². The Hall–Kier alpha value is -3.31. The molecule has 5 nitrogen and oxygen atoms in total. The molecule has 0 aromatic heterocycles. The average molecular weight is 395 g/mol. The third-order valence-electron chi connectivity index (χ3n) is 4.14. The van der Waals surface area contributed by atoms with Gasteiger partial charge in [0.25, 0.3) is 11.8 Å². The van der Waals surface area contributed by atoms with Crippen LogP contribution in [-0.2, 0) is 0 Å². The second-order valence-corrected chi connectivity index (χ2v) is 6.59. The number of rotatable bonds is 5. The topological polar surface area (TPSA) is 67.4 Å². The van der Waals surface area contributed by atoms with E-state index in [1.54, 1.807) is 67.8 Å². The number of amides is 2. The third-order valence-corrected chi connectivity index (χ3v) is 4.55. The van der Waals surface area contributed by atoms with Crippen LogP contribution in [0.3, 0.4) is 0 Å². The highest BCUT2D eigenvalue weighted by Crippen LogP contribution is 2.21. The third kappa shape index (κ3) is 4.69. The van der Waals surface area contributed by atoms with Gasteiger partial charge < -0.3 is 15.4 Å². The summed E-state index contributed by atoms with van der Waals surface area (Å²) >= 11 is 6.10. The number of hydrogen-bond acceptors (Lipinski definition) is 3. The first-order chi connectivity index (χ1) is 13.5. The van der Waals surface area contributed by atoms with Crippen LogP contribution in [0.15, 0.2) is 66.7 Å². The summed E-state index contributed by atoms with van der Waals surface area (Å²) in [5.74, 6) is -0.0000735. The SMILES string of the molecule is COc1cccc(NC(=O)c2cccc(C(=O)Nc3ccc(C)c(Cl)c3)c2)c1. The number of nitrogens with one attached hydrogen (secondary N) is 2. The van der Waals surface area contributed by atoms with Crippen molar-refractivity contribution in [2.75, 3.05) is 17.7 Å². The molecule has 0 saturated heterocycles. The molecule has 3 rings (SSSR count). The van der Waals surface area contributed by atoms with E-state index in [1.165, 1.54) is 0 Å². The van der Waals surface area contributed by atoms with Crippen molar-refractivity contribution in [3.05, 3.63) is 88.4 Å². The van der Waals surface area contributed by atoms with Gasteiger partial charge in [-0.3, -0.25) is 9.59 Å². The summed E-state index contributed by atoms with van der Waals surface area (Å²) in [7, 11) is 1.56. The van der Waals surface area contributed by atoms with Crippen molar-refractivity contribution in [3.63, 3.8) is 0 Å². The van der Waals surface area contributed by atoms with Crippen LogP contribution < -0.4 is 15.4 Å². The Morgan fingerprint density at radius 3 is 2.04 bits per heavy atom. The predicted molar refractivity (Wildman–Crippen MR) is 112 cm³/mol. The Morgan fingerprint density at radius 1 is 0.821 bits per heavy atom. The normalized spacial score (nSPS) is 10.2. The standard InChI is InChI=1S/C22H19ClN2O3/c1-14-9-10-18(13-20(14)23)25-22(27)16-6-3-5-15(11-16)21(26)24-17-7-4-8-19(12-17)28-2/h3-13H,1-2H3,(H,24,26)(H,25,27). The van der Waals surface area contributed by atoms with Gasteiger partial charge in [-0.25, -0.2) is 0 Å². The number of methoxy groups -OCH3 is 1. The van der Waals surface area contributed by atoms with Crippen LogP contribution in [0.1, 0.15) is 26.3 Å². The molecule has 0 aliphatic heterocycles. The largest absolute Gasteiger partial charge is 0.497 e. The lowest BCUT2D eigenvalue weighted by Gasteiger charge is -2.09. The van der Waals surface area contributed by atoms with E-state index in [2.05, 4.69) is 10.6 Å². The average Bonchev–Trinajstić information content (AvgIpc) is 2.71. The highest BCUT2D eigenvalue weighted by Gasteiger charge is 2.12. The summed E-state index contributed by atoms with van der Waals surface area (Å²) in [6.07, 6.45) is 0. The summed E-state index contributed by atoms with van der Waals surface area (Å²) in [5, 5.41) is 6.15. The van der Waals surface area contributed by atoms with Crippen LogP contribution in [0.4, 0.5) is 11.4 Å². The van der Waals surface area contributed by atoms with Gasteiger partial charge in [-0.1, -0.05) is 29.8 Å². The molecular formula is C22H19ClN2O3. The van der Waals surface area contributed by atoms with Crippen molar-refractivity contribution >= 4 is 34.8 Å². The van der Waals surface area contributed by atoms with Gasteiger partial charge in [0, 0.05) is 33.6 Å². The zero-order chi connectivity index (χ0) is 20.1. The summed E-state index contributed by atoms with van der Waals surface area (Å²) in [6.45, 7) is 1.89. The number of aryl methyl sites for hydroxylation is 1. The molecule has 0 bridgehead atoms. The molecule has 0 unspecified atom stereocenters. The molecule has 0 radical (unpaired) electrons. The zero-order valence-electron chi connectivity index (χ0n) is 15.5. The van der Waals surface area contributed by atoms with E-state index in [1.807, 2.05) is 13.0 Å². The van der Waals surface area contributed by atoms with E-state index in [9.17, 15) is 9.59 Å². The van der Waals surface area contributed by atoms with Crippen LogP contribution >= 0.6 is 11.6 Å². The number of benzene rings is 3. The molecule has 3 aromatic carbocycles. The Kier molecular flexibility index (Phi) is 5.96. The molecule has 3 aromatic rings. The monoisotopic (exact) mass is 394 g/mol. The minimum Gasteiger partial charge on any atom is -0.497 e. The Balaban J connectivity index is 1.74. The maximum atomic E-state index is 12.5. The van der Waals surface area contributed by atoms with Gasteiger partial charge in [-0.15, -0.1) is 0 Å². The minimum absolute atomic E-state index is 0.318. The summed E-state index contributed by atoms with van der Waals surface area (Å²) in [5.41, 5.74) is 2.86. The smallest absolute Gasteiger partial charge is 0.255 e. The van der Waals surface area contributed by atoms with Crippen LogP contribution in [0.5, 0.6) is 5.75 Å². The predicted octanol–water partition coefficient (Wildman–Crippen LogP) is 5.16. The fourth-order valence-electron chi connectivity index (χ4n) is 2.58. The lowest BCUT2D eigenvalue weighted by atomic mass is 10.1. The van der Waals surface area contributed by atoms with Crippen molar-refractivity contribution in [2.45, 2.75) is 6.92 Å². The summed E-state index contributed by atoms with van der Waals surface area (Å²) < 4.78 is 5.15. The molecule has 6 heteroatoms. The van der Waals surface area contributed by atoms with Gasteiger partial charge in [-0.05, 0) is 55.0 Å². The molecule has 0 fully saturated rings. The molecule has 0 aliphatic rings. The quantitative estimate of drug-likeness (QED) is 0.628. The molecule has 0 saturated carbocycles. The van der Waals surface area contributed by atoms with Crippen molar-refractivity contribution in [1.29, 1.82) is 0 Å². The Bertz CT molecular complexity index is 1030. The lowest BCUT2D eigenvalue weighted by molar-refractivity contribution is 0.102. The zero-order valence-corrected chi connectivity index (χ0v) is 16.2. The van der Waals surface area contributed by atoms with Crippen molar-refractivity contribution < 1.29 is 14.3 Å². The number of carbonyl (C=O) groups excluding carboxylic acids is 2. The molecule has 2 N–H and O–H groups in total. The molecular weight excluding hydrogens is 376 g/mol.